The number of carbonyl (C=O) groups is 1. The second-order valence-electron chi connectivity index (χ2n) is 3.64. The maximum Gasteiger partial charge on any atom is 0.333 e. The lowest BCUT2D eigenvalue weighted by molar-refractivity contribution is -0.142. The Hall–Kier alpha value is -1.53. The number of fused-ring (bicyclic) bond motifs is 1. The summed E-state index contributed by atoms with van der Waals surface area (Å²) in [5.41, 5.74) is 2.35. The van der Waals surface area contributed by atoms with E-state index < -0.39 is 5.97 Å². The van der Waals surface area contributed by atoms with Gasteiger partial charge < -0.3 is 9.39 Å². The van der Waals surface area contributed by atoms with Crippen molar-refractivity contribution in [1.29, 1.82) is 0 Å². The molecule has 0 amide bonds. The van der Waals surface area contributed by atoms with Crippen LogP contribution in [0.15, 0.2) is 18.2 Å². The van der Waals surface area contributed by atoms with Crippen molar-refractivity contribution in [2.45, 2.75) is 13.5 Å². The lowest BCUT2D eigenvalue weighted by Crippen LogP contribution is -2.32. The fourth-order valence-electron chi connectivity index (χ4n) is 1.72. The van der Waals surface area contributed by atoms with E-state index in [1.54, 1.807) is 20.5 Å². The van der Waals surface area contributed by atoms with Crippen LogP contribution >= 0.6 is 0 Å². The van der Waals surface area contributed by atoms with Crippen LogP contribution in [0.1, 0.15) is 12.5 Å². The highest BCUT2D eigenvalue weighted by Crippen LogP contribution is 2.16. The molecule has 1 aromatic rings. The Morgan fingerprint density at radius 3 is 3.24 bits per heavy atom. The van der Waals surface area contributed by atoms with Crippen LogP contribution in [0.25, 0.3) is 0 Å². The van der Waals surface area contributed by atoms with Gasteiger partial charge in [0.05, 0.1) is 18.9 Å². The van der Waals surface area contributed by atoms with Gasteiger partial charge in [-0.3, -0.25) is 10.0 Å². The molecule has 0 saturated carbocycles. The number of hydrogen-bond acceptors (Lipinski definition) is 5. The molecule has 1 N–H and O–H groups in total. The van der Waals surface area contributed by atoms with Crippen molar-refractivity contribution in [3.8, 4) is 0 Å². The summed E-state index contributed by atoms with van der Waals surface area (Å²) in [6.45, 7) is 2.32. The second-order valence-corrected chi connectivity index (χ2v) is 3.64. The molecular formula is C11H13BNO4. The highest BCUT2D eigenvalue weighted by molar-refractivity contribution is 6.51. The lowest BCUT2D eigenvalue weighted by Gasteiger charge is -2.18. The second kappa shape index (κ2) is 5.20. The minimum atomic E-state index is -0.466. The molecule has 89 valence electrons. The van der Waals surface area contributed by atoms with Gasteiger partial charge in [0.25, 0.3) is 0 Å². The van der Waals surface area contributed by atoms with Crippen LogP contribution in [0.3, 0.4) is 0 Å². The standard InChI is InChI=1S/C11H13BNO4/c1-2-16-10(14)6-13(15)9-5-3-4-8-7-17-12-11(8)9/h3-5,15H,2,6-7H2,1H3. The minimum Gasteiger partial charge on any atom is -0.465 e. The van der Waals surface area contributed by atoms with E-state index in [4.69, 9.17) is 9.39 Å². The Morgan fingerprint density at radius 2 is 2.47 bits per heavy atom. The van der Waals surface area contributed by atoms with Crippen LogP contribution in [-0.4, -0.2) is 31.8 Å². The predicted molar refractivity (Wildman–Crippen MR) is 62.4 cm³/mol. The van der Waals surface area contributed by atoms with Gasteiger partial charge in [-0.15, -0.1) is 0 Å². The van der Waals surface area contributed by atoms with Crippen molar-refractivity contribution in [2.24, 2.45) is 0 Å². The number of hydroxylamine groups is 1. The van der Waals surface area contributed by atoms with E-state index in [1.165, 1.54) is 0 Å². The maximum atomic E-state index is 11.3. The fourth-order valence-corrected chi connectivity index (χ4v) is 1.72. The minimum absolute atomic E-state index is 0.196. The van der Waals surface area contributed by atoms with Crippen molar-refractivity contribution >= 4 is 24.6 Å². The molecule has 0 bridgehead atoms. The van der Waals surface area contributed by atoms with Gasteiger partial charge >= 0.3 is 13.5 Å². The molecule has 2 rings (SSSR count). The SMILES string of the molecule is CCOC(=O)CN(O)c1cccc2c1[B]OC2. The predicted octanol–water partition coefficient (Wildman–Crippen LogP) is 0.220. The van der Waals surface area contributed by atoms with Gasteiger partial charge in [-0.05, 0) is 24.0 Å². The van der Waals surface area contributed by atoms with Gasteiger partial charge in [0.2, 0.25) is 0 Å². The van der Waals surface area contributed by atoms with E-state index >= 15 is 0 Å². The van der Waals surface area contributed by atoms with Crippen LogP contribution in [-0.2, 0) is 20.8 Å². The zero-order chi connectivity index (χ0) is 12.3. The lowest BCUT2D eigenvalue weighted by atomic mass is 9.85. The molecule has 5 nitrogen and oxygen atoms in total. The average molecular weight is 234 g/mol. The third-order valence-corrected chi connectivity index (χ3v) is 2.48. The first-order valence-electron chi connectivity index (χ1n) is 5.41. The molecule has 0 fully saturated rings. The molecule has 0 saturated heterocycles. The molecule has 0 aliphatic carbocycles. The third-order valence-electron chi connectivity index (χ3n) is 2.48. The quantitative estimate of drug-likeness (QED) is 0.458. The fraction of sp³-hybridized carbons (Fsp3) is 0.364. The molecule has 1 aliphatic rings. The molecular weight excluding hydrogens is 221 g/mol. The Morgan fingerprint density at radius 1 is 1.65 bits per heavy atom. The molecule has 0 unspecified atom stereocenters. The summed E-state index contributed by atoms with van der Waals surface area (Å²) >= 11 is 0. The Bertz CT molecular complexity index is 424. The van der Waals surface area contributed by atoms with Gasteiger partial charge in [-0.25, -0.2) is 5.06 Å². The largest absolute Gasteiger partial charge is 0.465 e. The smallest absolute Gasteiger partial charge is 0.333 e. The van der Waals surface area contributed by atoms with Gasteiger partial charge in [0, 0.05) is 0 Å². The van der Waals surface area contributed by atoms with Crippen LogP contribution in [0.4, 0.5) is 5.69 Å². The normalized spacial score (nSPS) is 12.8. The number of esters is 1. The topological polar surface area (TPSA) is 59.0 Å². The number of anilines is 1. The van der Waals surface area contributed by atoms with E-state index in [2.05, 4.69) is 0 Å². The van der Waals surface area contributed by atoms with Crippen molar-refractivity contribution in [2.75, 3.05) is 18.2 Å². The van der Waals surface area contributed by atoms with E-state index in [0.29, 0.717) is 18.9 Å². The molecule has 17 heavy (non-hydrogen) atoms. The zero-order valence-electron chi connectivity index (χ0n) is 9.55. The van der Waals surface area contributed by atoms with Crippen LogP contribution in [0, 0.1) is 0 Å². The summed E-state index contributed by atoms with van der Waals surface area (Å²) < 4.78 is 9.95. The van der Waals surface area contributed by atoms with E-state index in [0.717, 1.165) is 16.1 Å². The van der Waals surface area contributed by atoms with Crippen LogP contribution in [0.5, 0.6) is 0 Å². The molecule has 0 aromatic heterocycles. The van der Waals surface area contributed by atoms with Gasteiger partial charge in [-0.1, -0.05) is 12.1 Å². The summed E-state index contributed by atoms with van der Waals surface area (Å²) in [5, 5.41) is 10.7. The monoisotopic (exact) mass is 234 g/mol. The van der Waals surface area contributed by atoms with Crippen LogP contribution < -0.4 is 10.5 Å². The highest BCUT2D eigenvalue weighted by Gasteiger charge is 2.21. The molecule has 0 spiro atoms. The van der Waals surface area contributed by atoms with Crippen molar-refractivity contribution in [1.82, 2.24) is 0 Å². The molecule has 1 aromatic carbocycles. The summed E-state index contributed by atoms with van der Waals surface area (Å²) in [6.07, 6.45) is 0. The number of benzene rings is 1. The van der Waals surface area contributed by atoms with E-state index in [1.807, 2.05) is 12.1 Å². The summed E-state index contributed by atoms with van der Waals surface area (Å²) in [4.78, 5) is 11.3. The van der Waals surface area contributed by atoms with Gasteiger partial charge in [0.15, 0.2) is 0 Å². The highest BCUT2D eigenvalue weighted by atomic mass is 16.5. The van der Waals surface area contributed by atoms with E-state index in [9.17, 15) is 10.0 Å². The number of nitrogens with zero attached hydrogens (tertiary/aromatic N) is 1. The maximum absolute atomic E-state index is 11.3. The molecule has 1 heterocycles. The summed E-state index contributed by atoms with van der Waals surface area (Å²) in [7, 11) is 1.58. The van der Waals surface area contributed by atoms with E-state index in [-0.39, 0.29) is 6.54 Å². The molecule has 6 heteroatoms. The molecule has 1 aliphatic heterocycles. The first-order chi connectivity index (χ1) is 8.22. The number of ether oxygens (including phenoxy) is 1. The first kappa shape index (κ1) is 11.9. The zero-order valence-corrected chi connectivity index (χ0v) is 9.55. The van der Waals surface area contributed by atoms with Gasteiger partial charge in [0.1, 0.15) is 6.54 Å². The Balaban J connectivity index is 2.12. The van der Waals surface area contributed by atoms with Crippen molar-refractivity contribution in [3.05, 3.63) is 23.8 Å². The number of rotatable bonds is 4. The third kappa shape index (κ3) is 2.59. The van der Waals surface area contributed by atoms with Gasteiger partial charge in [-0.2, -0.15) is 0 Å². The summed E-state index contributed by atoms with van der Waals surface area (Å²) in [6, 6.07) is 5.45. The Kier molecular flexibility index (Phi) is 3.66. The summed E-state index contributed by atoms with van der Waals surface area (Å²) in [5.74, 6) is -0.466. The van der Waals surface area contributed by atoms with Crippen LogP contribution in [0.2, 0.25) is 0 Å². The Labute approximate surface area is 100 Å². The number of carbonyl (C=O) groups excluding carboxylic acids is 1. The van der Waals surface area contributed by atoms with Crippen molar-refractivity contribution in [3.63, 3.8) is 0 Å². The number of hydrogen-bond donors (Lipinski definition) is 1. The average Bonchev–Trinajstić information content (AvgIpc) is 2.76. The first-order valence-corrected chi connectivity index (χ1v) is 5.41. The van der Waals surface area contributed by atoms with Crippen molar-refractivity contribution < 1.29 is 19.4 Å². The molecule has 1 radical (unpaired) electrons. The molecule has 0 atom stereocenters.